The quantitative estimate of drug-likeness (QED) is 0.489. The van der Waals surface area contributed by atoms with Crippen molar-refractivity contribution >= 4 is 28.9 Å². The van der Waals surface area contributed by atoms with E-state index in [0.29, 0.717) is 30.1 Å². The monoisotopic (exact) mass is 452 g/mol. The molecule has 2 saturated heterocycles. The van der Waals surface area contributed by atoms with Gasteiger partial charge in [-0.2, -0.15) is 0 Å². The topological polar surface area (TPSA) is 114 Å². The molecule has 0 spiro atoms. The van der Waals surface area contributed by atoms with Gasteiger partial charge in [-0.15, -0.1) is 0 Å². The number of nitrogens with one attached hydrogen (secondary N) is 2. The maximum Gasteiger partial charge on any atom is 0.293 e. The van der Waals surface area contributed by atoms with Crippen LogP contribution in [0.1, 0.15) is 52.8 Å². The highest BCUT2D eigenvalue weighted by molar-refractivity contribution is 6.09. The van der Waals surface area contributed by atoms with Crippen LogP contribution in [0.25, 0.3) is 0 Å². The van der Waals surface area contributed by atoms with Crippen molar-refractivity contribution in [3.05, 3.63) is 63.7 Å². The molecule has 0 unspecified atom stereocenters. The van der Waals surface area contributed by atoms with Crippen molar-refractivity contribution in [1.82, 2.24) is 5.32 Å². The van der Waals surface area contributed by atoms with Crippen LogP contribution in [0, 0.1) is 10.1 Å². The third-order valence-corrected chi connectivity index (χ3v) is 6.07. The van der Waals surface area contributed by atoms with E-state index in [1.807, 2.05) is 4.90 Å². The minimum atomic E-state index is -0.511. The lowest BCUT2D eigenvalue weighted by Gasteiger charge is -2.28. The van der Waals surface area contributed by atoms with Crippen LogP contribution in [0.3, 0.4) is 0 Å². The third kappa shape index (κ3) is 5.48. The van der Waals surface area contributed by atoms with Crippen LogP contribution in [-0.4, -0.2) is 49.1 Å². The van der Waals surface area contributed by atoms with Crippen LogP contribution in [-0.2, 0) is 4.74 Å². The molecule has 1 atom stereocenters. The molecule has 4 rings (SSSR count). The number of carbonyl (C=O) groups is 2. The van der Waals surface area contributed by atoms with Gasteiger partial charge < -0.3 is 20.3 Å². The molecule has 0 radical (unpaired) electrons. The van der Waals surface area contributed by atoms with E-state index in [1.54, 1.807) is 36.4 Å². The van der Waals surface area contributed by atoms with Crippen molar-refractivity contribution in [2.45, 2.75) is 38.2 Å². The molecule has 0 bridgehead atoms. The second-order valence-corrected chi connectivity index (χ2v) is 8.35. The smallest absolute Gasteiger partial charge is 0.293 e. The Bertz CT molecular complexity index is 1030. The summed E-state index contributed by atoms with van der Waals surface area (Å²) in [5.74, 6) is -0.824. The summed E-state index contributed by atoms with van der Waals surface area (Å²) in [7, 11) is 0. The minimum absolute atomic E-state index is 0.00895. The highest BCUT2D eigenvalue weighted by atomic mass is 16.6. The summed E-state index contributed by atoms with van der Waals surface area (Å²) in [6.45, 7) is 2.64. The average molecular weight is 453 g/mol. The van der Waals surface area contributed by atoms with Crippen LogP contribution in [0.4, 0.5) is 17.1 Å². The standard InChI is InChI=1S/C24H28N4O5/c29-23(17-10-11-21(22(15-17)28(31)32)27-12-4-1-5-13-27)26-20-9-3-2-8-19(20)24(30)25-16-18-7-6-14-33-18/h2-3,8-11,15,18H,1,4-7,12-14,16H2,(H,25,30)(H,26,29)/t18-/m0/s1. The maximum atomic E-state index is 12.9. The van der Waals surface area contributed by atoms with E-state index in [1.165, 1.54) is 6.07 Å². The number of hydrogen-bond acceptors (Lipinski definition) is 6. The van der Waals surface area contributed by atoms with E-state index in [-0.39, 0.29) is 23.3 Å². The van der Waals surface area contributed by atoms with Gasteiger partial charge in [0, 0.05) is 37.9 Å². The predicted octanol–water partition coefficient (Wildman–Crippen LogP) is 3.75. The van der Waals surface area contributed by atoms with Gasteiger partial charge in [-0.05, 0) is 56.4 Å². The van der Waals surface area contributed by atoms with E-state index < -0.39 is 10.8 Å². The molecular formula is C24H28N4O5. The fourth-order valence-corrected chi connectivity index (χ4v) is 4.30. The van der Waals surface area contributed by atoms with Crippen molar-refractivity contribution in [2.75, 3.05) is 36.5 Å². The summed E-state index contributed by atoms with van der Waals surface area (Å²) >= 11 is 0. The van der Waals surface area contributed by atoms with E-state index in [2.05, 4.69) is 10.6 Å². The number of hydrogen-bond donors (Lipinski definition) is 2. The molecule has 2 amide bonds. The van der Waals surface area contributed by atoms with Gasteiger partial charge in [-0.1, -0.05) is 12.1 Å². The fourth-order valence-electron chi connectivity index (χ4n) is 4.30. The molecule has 2 heterocycles. The van der Waals surface area contributed by atoms with Gasteiger partial charge in [0.2, 0.25) is 0 Å². The van der Waals surface area contributed by atoms with Crippen LogP contribution >= 0.6 is 0 Å². The van der Waals surface area contributed by atoms with Gasteiger partial charge in [0.1, 0.15) is 5.69 Å². The Balaban J connectivity index is 1.49. The number of piperidine rings is 1. The van der Waals surface area contributed by atoms with Crippen LogP contribution in [0.5, 0.6) is 0 Å². The van der Waals surface area contributed by atoms with E-state index >= 15 is 0 Å². The molecule has 9 heteroatoms. The van der Waals surface area contributed by atoms with E-state index in [9.17, 15) is 19.7 Å². The van der Waals surface area contributed by atoms with Crippen molar-refractivity contribution in [2.24, 2.45) is 0 Å². The van der Waals surface area contributed by atoms with Gasteiger partial charge in [-0.25, -0.2) is 0 Å². The first kappa shape index (κ1) is 22.7. The van der Waals surface area contributed by atoms with Gasteiger partial charge in [0.15, 0.2) is 0 Å². The predicted molar refractivity (Wildman–Crippen MR) is 125 cm³/mol. The molecule has 2 aliphatic rings. The lowest BCUT2D eigenvalue weighted by atomic mass is 10.1. The molecule has 2 aromatic rings. The van der Waals surface area contributed by atoms with Gasteiger partial charge in [0.05, 0.1) is 22.3 Å². The highest BCUT2D eigenvalue weighted by Gasteiger charge is 2.24. The normalized spacial score (nSPS) is 18.1. The van der Waals surface area contributed by atoms with Crippen molar-refractivity contribution < 1.29 is 19.2 Å². The third-order valence-electron chi connectivity index (χ3n) is 6.07. The Kier molecular flexibility index (Phi) is 7.19. The molecule has 2 aromatic carbocycles. The molecular weight excluding hydrogens is 424 g/mol. The number of anilines is 2. The number of carbonyl (C=O) groups excluding carboxylic acids is 2. The Morgan fingerprint density at radius 1 is 1.06 bits per heavy atom. The van der Waals surface area contributed by atoms with Crippen molar-refractivity contribution in [3.8, 4) is 0 Å². The number of amides is 2. The largest absolute Gasteiger partial charge is 0.376 e. The number of nitro benzene ring substituents is 1. The van der Waals surface area contributed by atoms with E-state index in [0.717, 1.165) is 45.2 Å². The molecule has 0 aliphatic carbocycles. The van der Waals surface area contributed by atoms with Crippen LogP contribution < -0.4 is 15.5 Å². The summed E-state index contributed by atoms with van der Waals surface area (Å²) < 4.78 is 5.53. The van der Waals surface area contributed by atoms with Crippen molar-refractivity contribution in [1.29, 1.82) is 0 Å². The lowest BCUT2D eigenvalue weighted by Crippen LogP contribution is -2.32. The zero-order valence-corrected chi connectivity index (χ0v) is 18.4. The van der Waals surface area contributed by atoms with Crippen molar-refractivity contribution in [3.63, 3.8) is 0 Å². The first-order valence-corrected chi connectivity index (χ1v) is 11.4. The maximum absolute atomic E-state index is 12.9. The number of benzene rings is 2. The Hall–Kier alpha value is -3.46. The highest BCUT2D eigenvalue weighted by Crippen LogP contribution is 2.31. The summed E-state index contributed by atoms with van der Waals surface area (Å²) in [5.41, 5.74) is 1.27. The number of nitro groups is 1. The Labute approximate surface area is 192 Å². The Morgan fingerprint density at radius 3 is 2.58 bits per heavy atom. The number of nitrogens with zero attached hydrogens (tertiary/aromatic N) is 2. The molecule has 2 aliphatic heterocycles. The molecule has 174 valence electrons. The molecule has 33 heavy (non-hydrogen) atoms. The van der Waals surface area contributed by atoms with Crippen LogP contribution in [0.2, 0.25) is 0 Å². The summed E-state index contributed by atoms with van der Waals surface area (Å²) in [6, 6.07) is 11.2. The fraction of sp³-hybridized carbons (Fsp3) is 0.417. The second-order valence-electron chi connectivity index (χ2n) is 8.35. The average Bonchev–Trinajstić information content (AvgIpc) is 3.37. The molecule has 2 fully saturated rings. The zero-order chi connectivity index (χ0) is 23.2. The SMILES string of the molecule is O=C(Nc1ccccc1C(=O)NC[C@@H]1CCCO1)c1ccc(N2CCCCC2)c([N+](=O)[O-])c1. The number of para-hydroxylation sites is 1. The second kappa shape index (κ2) is 10.4. The summed E-state index contributed by atoms with van der Waals surface area (Å²) in [5, 5.41) is 17.3. The van der Waals surface area contributed by atoms with Gasteiger partial charge in [-0.3, -0.25) is 19.7 Å². The zero-order valence-electron chi connectivity index (χ0n) is 18.4. The van der Waals surface area contributed by atoms with Gasteiger partial charge in [0.25, 0.3) is 17.5 Å². The molecule has 0 aromatic heterocycles. The number of rotatable bonds is 7. The van der Waals surface area contributed by atoms with Crippen LogP contribution in [0.15, 0.2) is 42.5 Å². The molecule has 0 saturated carbocycles. The summed E-state index contributed by atoms with van der Waals surface area (Å²) in [4.78, 5) is 38.9. The molecule has 2 N–H and O–H groups in total. The Morgan fingerprint density at radius 2 is 1.85 bits per heavy atom. The number of ether oxygens (including phenoxy) is 1. The molecule has 9 nitrogen and oxygen atoms in total. The summed E-state index contributed by atoms with van der Waals surface area (Å²) in [6.07, 6.45) is 5.00. The first-order chi connectivity index (χ1) is 16.0. The van der Waals surface area contributed by atoms with Gasteiger partial charge >= 0.3 is 0 Å². The van der Waals surface area contributed by atoms with E-state index in [4.69, 9.17) is 4.74 Å². The first-order valence-electron chi connectivity index (χ1n) is 11.4. The minimum Gasteiger partial charge on any atom is -0.376 e. The lowest BCUT2D eigenvalue weighted by molar-refractivity contribution is -0.384.